The third-order valence-corrected chi connectivity index (χ3v) is 6.67. The molecule has 1 saturated heterocycles. The maximum absolute atomic E-state index is 13.7. The topological polar surface area (TPSA) is 108 Å². The van der Waals surface area contributed by atoms with Gasteiger partial charge in [0.2, 0.25) is 11.8 Å². The number of hydrogen-bond donors (Lipinski definition) is 2. The number of fused-ring (bicyclic) bond motifs is 1. The summed E-state index contributed by atoms with van der Waals surface area (Å²) in [7, 11) is 0. The van der Waals surface area contributed by atoms with Gasteiger partial charge in [0.1, 0.15) is 17.9 Å². The Kier molecular flexibility index (Phi) is 6.79. The van der Waals surface area contributed by atoms with Crippen LogP contribution in [0.4, 0.5) is 13.2 Å². The molecule has 1 aliphatic heterocycles. The van der Waals surface area contributed by atoms with Crippen molar-refractivity contribution in [2.24, 2.45) is 5.73 Å². The van der Waals surface area contributed by atoms with Gasteiger partial charge in [-0.2, -0.15) is 0 Å². The number of halogens is 4. The standard InChI is InChI=1S/C24H22ClF3N2O5/c25-14-5-3-13(4-6-14)10-18(22(33)30-23-9-1-2-20(23)34-12-19(23)31)17-11-15(35-24(26,27)28)7-8-16(17)21(29)32/h3-8,11,18,20H,1-2,9-10,12H2,(H2,29,32)(H,30,33). The van der Waals surface area contributed by atoms with Gasteiger partial charge in [-0.1, -0.05) is 23.7 Å². The van der Waals surface area contributed by atoms with Crippen molar-refractivity contribution >= 4 is 29.2 Å². The number of hydrogen-bond acceptors (Lipinski definition) is 5. The maximum Gasteiger partial charge on any atom is 0.573 e. The van der Waals surface area contributed by atoms with E-state index in [2.05, 4.69) is 10.1 Å². The van der Waals surface area contributed by atoms with Crippen molar-refractivity contribution in [3.8, 4) is 5.75 Å². The first-order chi connectivity index (χ1) is 16.5. The first-order valence-corrected chi connectivity index (χ1v) is 11.3. The molecule has 3 atom stereocenters. The Balaban J connectivity index is 1.76. The number of carbonyl (C=O) groups excluding carboxylic acids is 3. The van der Waals surface area contributed by atoms with E-state index < -0.39 is 41.5 Å². The fourth-order valence-corrected chi connectivity index (χ4v) is 4.92. The van der Waals surface area contributed by atoms with E-state index in [4.69, 9.17) is 22.1 Å². The summed E-state index contributed by atoms with van der Waals surface area (Å²) in [4.78, 5) is 38.5. The minimum Gasteiger partial charge on any atom is -0.406 e. The molecule has 3 unspecified atom stereocenters. The minimum atomic E-state index is -4.98. The molecule has 1 aliphatic carbocycles. The van der Waals surface area contributed by atoms with Gasteiger partial charge in [0, 0.05) is 10.6 Å². The second-order valence-electron chi connectivity index (χ2n) is 8.62. The molecule has 2 amide bonds. The number of ether oxygens (including phenoxy) is 2. The first-order valence-electron chi connectivity index (χ1n) is 10.9. The lowest BCUT2D eigenvalue weighted by molar-refractivity contribution is -0.274. The molecule has 2 aromatic carbocycles. The summed E-state index contributed by atoms with van der Waals surface area (Å²) in [6.45, 7) is -0.131. The fourth-order valence-electron chi connectivity index (χ4n) is 4.79. The Hall–Kier alpha value is -3.11. The van der Waals surface area contributed by atoms with Gasteiger partial charge in [0.05, 0.1) is 12.0 Å². The summed E-state index contributed by atoms with van der Waals surface area (Å²) in [6.07, 6.45) is -3.83. The van der Waals surface area contributed by atoms with Crippen LogP contribution in [0.5, 0.6) is 5.75 Å². The van der Waals surface area contributed by atoms with Gasteiger partial charge in [-0.15, -0.1) is 13.2 Å². The van der Waals surface area contributed by atoms with Gasteiger partial charge in [0.15, 0.2) is 5.78 Å². The summed E-state index contributed by atoms with van der Waals surface area (Å²) in [5.41, 5.74) is 4.72. The van der Waals surface area contributed by atoms with E-state index in [1.165, 1.54) is 0 Å². The van der Waals surface area contributed by atoms with E-state index >= 15 is 0 Å². The Morgan fingerprint density at radius 1 is 1.23 bits per heavy atom. The quantitative estimate of drug-likeness (QED) is 0.591. The highest BCUT2D eigenvalue weighted by Crippen LogP contribution is 2.39. The summed E-state index contributed by atoms with van der Waals surface area (Å²) in [5, 5.41) is 3.27. The van der Waals surface area contributed by atoms with Crippen LogP contribution in [0, 0.1) is 0 Å². The Morgan fingerprint density at radius 2 is 1.94 bits per heavy atom. The summed E-state index contributed by atoms with van der Waals surface area (Å²) in [5.74, 6) is -3.60. The average molecular weight is 511 g/mol. The van der Waals surface area contributed by atoms with Gasteiger partial charge in [-0.25, -0.2) is 0 Å². The van der Waals surface area contributed by atoms with Gasteiger partial charge in [0.25, 0.3) is 0 Å². The zero-order valence-electron chi connectivity index (χ0n) is 18.4. The van der Waals surface area contributed by atoms with Crippen molar-refractivity contribution < 1.29 is 37.0 Å². The molecule has 2 aliphatic rings. The van der Waals surface area contributed by atoms with E-state index in [1.807, 2.05) is 0 Å². The molecule has 0 radical (unpaired) electrons. The van der Waals surface area contributed by atoms with Gasteiger partial charge < -0.3 is 20.5 Å². The molecule has 35 heavy (non-hydrogen) atoms. The van der Waals surface area contributed by atoms with Crippen LogP contribution in [0.2, 0.25) is 5.02 Å². The lowest BCUT2D eigenvalue weighted by Crippen LogP contribution is -2.57. The highest BCUT2D eigenvalue weighted by Gasteiger charge is 2.55. The summed E-state index contributed by atoms with van der Waals surface area (Å²) < 4.78 is 48.2. The van der Waals surface area contributed by atoms with Crippen molar-refractivity contribution in [1.29, 1.82) is 0 Å². The van der Waals surface area contributed by atoms with Crippen LogP contribution in [0.1, 0.15) is 46.7 Å². The molecular formula is C24H22ClF3N2O5. The minimum absolute atomic E-state index is 0.00541. The Labute approximate surface area is 203 Å². The van der Waals surface area contributed by atoms with Gasteiger partial charge in [-0.3, -0.25) is 14.4 Å². The SMILES string of the molecule is NC(=O)c1ccc(OC(F)(F)F)cc1C(Cc1ccc(Cl)cc1)C(=O)NC12CCCC1OCC2=O. The van der Waals surface area contributed by atoms with Crippen molar-refractivity contribution in [2.45, 2.75) is 49.6 Å². The smallest absolute Gasteiger partial charge is 0.406 e. The number of carbonyl (C=O) groups is 3. The number of rotatable bonds is 7. The van der Waals surface area contributed by atoms with Crippen LogP contribution in [0.15, 0.2) is 42.5 Å². The third kappa shape index (κ3) is 5.28. The molecular weight excluding hydrogens is 489 g/mol. The molecule has 0 spiro atoms. The zero-order valence-corrected chi connectivity index (χ0v) is 19.1. The highest BCUT2D eigenvalue weighted by molar-refractivity contribution is 6.30. The van der Waals surface area contributed by atoms with Crippen molar-refractivity contribution in [1.82, 2.24) is 5.32 Å². The van der Waals surface area contributed by atoms with E-state index in [0.717, 1.165) is 18.2 Å². The van der Waals surface area contributed by atoms with Crippen molar-refractivity contribution in [2.75, 3.05) is 6.61 Å². The molecule has 11 heteroatoms. The first kappa shape index (κ1) is 25.0. The lowest BCUT2D eigenvalue weighted by Gasteiger charge is -2.30. The van der Waals surface area contributed by atoms with Gasteiger partial charge >= 0.3 is 6.36 Å². The fraction of sp³-hybridized carbons (Fsp3) is 0.375. The van der Waals surface area contributed by atoms with E-state index in [-0.39, 0.29) is 29.9 Å². The normalized spacial score (nSPS) is 22.5. The van der Waals surface area contributed by atoms with Crippen LogP contribution >= 0.6 is 11.6 Å². The maximum atomic E-state index is 13.7. The second-order valence-corrected chi connectivity index (χ2v) is 9.06. The summed E-state index contributed by atoms with van der Waals surface area (Å²) in [6, 6.07) is 9.53. The van der Waals surface area contributed by atoms with Crippen LogP contribution in [0.3, 0.4) is 0 Å². The number of alkyl halides is 3. The number of primary amides is 1. The van der Waals surface area contributed by atoms with Crippen LogP contribution in [0.25, 0.3) is 0 Å². The second kappa shape index (κ2) is 9.50. The molecule has 2 fully saturated rings. The molecule has 1 heterocycles. The monoisotopic (exact) mass is 510 g/mol. The van der Waals surface area contributed by atoms with E-state index in [0.29, 0.717) is 29.8 Å². The number of amides is 2. The predicted molar refractivity (Wildman–Crippen MR) is 119 cm³/mol. The van der Waals surface area contributed by atoms with Crippen LogP contribution in [-0.4, -0.2) is 42.2 Å². The molecule has 0 aromatic heterocycles. The molecule has 1 saturated carbocycles. The van der Waals surface area contributed by atoms with Crippen LogP contribution in [-0.2, 0) is 20.7 Å². The average Bonchev–Trinajstić information content (AvgIpc) is 3.31. The molecule has 7 nitrogen and oxygen atoms in total. The largest absolute Gasteiger partial charge is 0.573 e. The predicted octanol–water partition coefficient (Wildman–Crippen LogP) is 3.67. The molecule has 0 bridgehead atoms. The summed E-state index contributed by atoms with van der Waals surface area (Å²) >= 11 is 5.95. The van der Waals surface area contributed by atoms with Gasteiger partial charge in [-0.05, 0) is 67.1 Å². The number of nitrogens with one attached hydrogen (secondary N) is 1. The van der Waals surface area contributed by atoms with Crippen molar-refractivity contribution in [3.05, 3.63) is 64.2 Å². The Bertz CT molecular complexity index is 1150. The van der Waals surface area contributed by atoms with Crippen LogP contribution < -0.4 is 15.8 Å². The van der Waals surface area contributed by atoms with Crippen molar-refractivity contribution in [3.63, 3.8) is 0 Å². The zero-order chi connectivity index (χ0) is 25.4. The molecule has 2 aromatic rings. The number of Topliss-reactive ketones (excluding diaryl/α,β-unsaturated/α-hetero) is 1. The molecule has 186 valence electrons. The number of ketones is 1. The lowest BCUT2D eigenvalue weighted by atomic mass is 9.85. The third-order valence-electron chi connectivity index (χ3n) is 6.41. The van der Waals surface area contributed by atoms with E-state index in [9.17, 15) is 27.6 Å². The Morgan fingerprint density at radius 3 is 2.60 bits per heavy atom. The highest BCUT2D eigenvalue weighted by atomic mass is 35.5. The molecule has 3 N–H and O–H groups in total. The van der Waals surface area contributed by atoms with E-state index in [1.54, 1.807) is 24.3 Å². The molecule has 4 rings (SSSR count). The number of nitrogens with two attached hydrogens (primary N) is 1. The number of benzene rings is 2.